The van der Waals surface area contributed by atoms with Crippen molar-refractivity contribution in [1.82, 2.24) is 9.78 Å². The van der Waals surface area contributed by atoms with E-state index in [0.29, 0.717) is 5.69 Å². The summed E-state index contributed by atoms with van der Waals surface area (Å²) in [6.45, 7) is 3.22. The molecule has 0 radical (unpaired) electrons. The Morgan fingerprint density at radius 2 is 1.61 bits per heavy atom. The third-order valence-electron chi connectivity index (χ3n) is 5.97. The van der Waals surface area contributed by atoms with Gasteiger partial charge in [0.05, 0.1) is 18.9 Å². The summed E-state index contributed by atoms with van der Waals surface area (Å²) in [6.07, 6.45) is 3.79. The van der Waals surface area contributed by atoms with Crippen LogP contribution in [0.1, 0.15) is 34.6 Å². The topological polar surface area (TPSA) is 59.4 Å². The van der Waals surface area contributed by atoms with Crippen LogP contribution in [0.3, 0.4) is 0 Å². The van der Waals surface area contributed by atoms with Crippen LogP contribution in [0.25, 0.3) is 5.69 Å². The van der Waals surface area contributed by atoms with E-state index < -0.39 is 0 Å². The molecule has 0 unspecified atom stereocenters. The first-order chi connectivity index (χ1) is 15.2. The van der Waals surface area contributed by atoms with Crippen LogP contribution in [-0.2, 0) is 17.6 Å². The Bertz CT molecular complexity index is 1070. The summed E-state index contributed by atoms with van der Waals surface area (Å²) in [5.41, 5.74) is 5.13. The monoisotopic (exact) mass is 420 g/mol. The number of rotatable bonds is 4. The highest BCUT2D eigenvalue weighted by atomic mass is 19.1. The van der Waals surface area contributed by atoms with E-state index >= 15 is 0 Å². The Balaban J connectivity index is 1.38. The second-order valence-electron chi connectivity index (χ2n) is 7.97. The van der Waals surface area contributed by atoms with Crippen molar-refractivity contribution in [3.05, 3.63) is 71.3 Å². The molecule has 7 heteroatoms. The molecule has 0 spiro atoms. The van der Waals surface area contributed by atoms with E-state index in [1.54, 1.807) is 16.8 Å². The maximum atomic E-state index is 13.4. The van der Waals surface area contributed by atoms with E-state index in [1.807, 2.05) is 24.3 Å². The fraction of sp³-hybridized carbons (Fsp3) is 0.333. The van der Waals surface area contributed by atoms with Crippen LogP contribution in [0, 0.1) is 5.82 Å². The second-order valence-corrected chi connectivity index (χ2v) is 7.97. The van der Waals surface area contributed by atoms with Gasteiger partial charge in [-0.3, -0.25) is 4.79 Å². The minimum atomic E-state index is -0.289. The zero-order valence-corrected chi connectivity index (χ0v) is 17.3. The first-order valence-corrected chi connectivity index (χ1v) is 10.8. The van der Waals surface area contributed by atoms with Crippen molar-refractivity contribution >= 4 is 17.3 Å². The SMILES string of the molecule is O=C(Nc1ccc(N2CCOCC2)cc1)c1nn(-c2ccc(F)cc2)c2c1CCCC2. The summed E-state index contributed by atoms with van der Waals surface area (Å²) in [5.74, 6) is -0.499. The molecular weight excluding hydrogens is 395 g/mol. The summed E-state index contributed by atoms with van der Waals surface area (Å²) in [4.78, 5) is 15.4. The molecule has 2 heterocycles. The maximum Gasteiger partial charge on any atom is 0.276 e. The van der Waals surface area contributed by atoms with E-state index in [0.717, 1.165) is 80.3 Å². The molecule has 5 rings (SSSR count). The van der Waals surface area contributed by atoms with Gasteiger partial charge >= 0.3 is 0 Å². The van der Waals surface area contributed by atoms with Crippen LogP contribution >= 0.6 is 0 Å². The molecule has 0 saturated carbocycles. The highest BCUT2D eigenvalue weighted by Crippen LogP contribution is 2.28. The van der Waals surface area contributed by atoms with Gasteiger partial charge in [-0.1, -0.05) is 0 Å². The van der Waals surface area contributed by atoms with Gasteiger partial charge in [0.25, 0.3) is 5.91 Å². The molecule has 1 aromatic heterocycles. The number of carbonyl (C=O) groups is 1. The van der Waals surface area contributed by atoms with Gasteiger partial charge in [-0.25, -0.2) is 9.07 Å². The molecule has 1 fully saturated rings. The van der Waals surface area contributed by atoms with Crippen molar-refractivity contribution in [2.45, 2.75) is 25.7 Å². The number of anilines is 2. The van der Waals surface area contributed by atoms with Crippen LogP contribution < -0.4 is 10.2 Å². The highest BCUT2D eigenvalue weighted by molar-refractivity contribution is 6.04. The van der Waals surface area contributed by atoms with E-state index in [-0.39, 0.29) is 11.7 Å². The lowest BCUT2D eigenvalue weighted by Crippen LogP contribution is -2.36. The summed E-state index contributed by atoms with van der Waals surface area (Å²) in [7, 11) is 0. The molecule has 160 valence electrons. The quantitative estimate of drug-likeness (QED) is 0.694. The van der Waals surface area contributed by atoms with Gasteiger partial charge in [0.1, 0.15) is 5.82 Å². The highest BCUT2D eigenvalue weighted by Gasteiger charge is 2.25. The van der Waals surface area contributed by atoms with E-state index in [1.165, 1.54) is 12.1 Å². The van der Waals surface area contributed by atoms with Crippen molar-refractivity contribution in [2.75, 3.05) is 36.5 Å². The van der Waals surface area contributed by atoms with Gasteiger partial charge in [-0.2, -0.15) is 5.10 Å². The van der Waals surface area contributed by atoms with Crippen molar-refractivity contribution in [1.29, 1.82) is 0 Å². The van der Waals surface area contributed by atoms with Crippen LogP contribution in [0.5, 0.6) is 0 Å². The van der Waals surface area contributed by atoms with Gasteiger partial charge in [0, 0.05) is 35.7 Å². The average molecular weight is 420 g/mol. The molecule has 3 aromatic rings. The molecule has 1 saturated heterocycles. The van der Waals surface area contributed by atoms with Crippen molar-refractivity contribution in [3.8, 4) is 5.69 Å². The Kier molecular flexibility index (Phi) is 5.42. The number of nitrogens with one attached hydrogen (secondary N) is 1. The van der Waals surface area contributed by atoms with E-state index in [2.05, 4.69) is 15.3 Å². The number of amides is 1. The van der Waals surface area contributed by atoms with Gasteiger partial charge in [0.2, 0.25) is 0 Å². The molecule has 1 amide bonds. The van der Waals surface area contributed by atoms with Crippen molar-refractivity contribution < 1.29 is 13.9 Å². The molecule has 6 nitrogen and oxygen atoms in total. The zero-order valence-electron chi connectivity index (χ0n) is 17.3. The third-order valence-corrected chi connectivity index (χ3v) is 5.97. The van der Waals surface area contributed by atoms with Gasteiger partial charge in [0.15, 0.2) is 5.69 Å². The van der Waals surface area contributed by atoms with E-state index in [4.69, 9.17) is 4.74 Å². The van der Waals surface area contributed by atoms with Crippen LogP contribution in [-0.4, -0.2) is 42.0 Å². The number of hydrogen-bond acceptors (Lipinski definition) is 4. The fourth-order valence-corrected chi connectivity index (χ4v) is 4.34. The predicted octanol–water partition coefficient (Wildman–Crippen LogP) is 3.98. The first kappa shape index (κ1) is 19.8. The maximum absolute atomic E-state index is 13.4. The molecule has 0 bridgehead atoms. The lowest BCUT2D eigenvalue weighted by atomic mass is 9.95. The number of fused-ring (bicyclic) bond motifs is 1. The summed E-state index contributed by atoms with van der Waals surface area (Å²) >= 11 is 0. The lowest BCUT2D eigenvalue weighted by Gasteiger charge is -2.28. The Hall–Kier alpha value is -3.19. The van der Waals surface area contributed by atoms with Crippen LogP contribution in [0.15, 0.2) is 48.5 Å². The number of aromatic nitrogens is 2. The lowest BCUT2D eigenvalue weighted by molar-refractivity contribution is 0.102. The predicted molar refractivity (Wildman–Crippen MR) is 118 cm³/mol. The van der Waals surface area contributed by atoms with Crippen LogP contribution in [0.2, 0.25) is 0 Å². The first-order valence-electron chi connectivity index (χ1n) is 10.8. The number of benzene rings is 2. The standard InChI is InChI=1S/C24H25FN4O2/c25-17-5-9-20(10-6-17)29-22-4-2-1-3-21(22)23(27-29)24(30)26-18-7-11-19(12-8-18)28-13-15-31-16-14-28/h5-12H,1-4,13-16H2,(H,26,30). The minimum Gasteiger partial charge on any atom is -0.378 e. The number of carbonyl (C=O) groups excluding carboxylic acids is 1. The number of hydrogen-bond donors (Lipinski definition) is 1. The fourth-order valence-electron chi connectivity index (χ4n) is 4.34. The van der Waals surface area contributed by atoms with Gasteiger partial charge in [-0.05, 0) is 74.2 Å². The van der Waals surface area contributed by atoms with Crippen molar-refractivity contribution in [3.63, 3.8) is 0 Å². The molecule has 2 aromatic carbocycles. The molecule has 2 aliphatic rings. The third kappa shape index (κ3) is 4.05. The van der Waals surface area contributed by atoms with Gasteiger partial charge < -0.3 is 15.0 Å². The molecule has 1 N–H and O–H groups in total. The molecule has 1 aliphatic carbocycles. The Morgan fingerprint density at radius 3 is 2.35 bits per heavy atom. The number of ether oxygens (including phenoxy) is 1. The summed E-state index contributed by atoms with van der Waals surface area (Å²) in [5, 5.41) is 7.63. The average Bonchev–Trinajstić information content (AvgIpc) is 3.21. The molecule has 1 aliphatic heterocycles. The van der Waals surface area contributed by atoms with E-state index in [9.17, 15) is 9.18 Å². The molecular formula is C24H25FN4O2. The van der Waals surface area contributed by atoms with Crippen molar-refractivity contribution in [2.24, 2.45) is 0 Å². The van der Waals surface area contributed by atoms with Crippen LogP contribution in [0.4, 0.5) is 15.8 Å². The Labute approximate surface area is 180 Å². The zero-order chi connectivity index (χ0) is 21.2. The van der Waals surface area contributed by atoms with Gasteiger partial charge in [-0.15, -0.1) is 0 Å². The molecule has 0 atom stereocenters. The summed E-state index contributed by atoms with van der Waals surface area (Å²) < 4.78 is 20.6. The summed E-state index contributed by atoms with van der Waals surface area (Å²) in [6, 6.07) is 14.1. The molecule has 31 heavy (non-hydrogen) atoms. The number of halogens is 1. The minimum absolute atomic E-state index is 0.210. The number of nitrogens with zero attached hydrogens (tertiary/aromatic N) is 3. The largest absolute Gasteiger partial charge is 0.378 e. The Morgan fingerprint density at radius 1 is 0.935 bits per heavy atom. The number of morpholine rings is 1. The normalized spacial score (nSPS) is 16.1. The second kappa shape index (κ2) is 8.51. The smallest absolute Gasteiger partial charge is 0.276 e.